The SMILES string of the molecule is CCN(CCCO)C(=O)c1c[nH]c(C)cc1=O. The van der Waals surface area contributed by atoms with Crippen molar-refractivity contribution in [3.8, 4) is 0 Å². The van der Waals surface area contributed by atoms with Crippen LogP contribution in [0.4, 0.5) is 0 Å². The number of aliphatic hydroxyl groups excluding tert-OH is 1. The number of aromatic amines is 1. The molecular formula is C12H18N2O3. The van der Waals surface area contributed by atoms with E-state index in [2.05, 4.69) is 4.98 Å². The van der Waals surface area contributed by atoms with Gasteiger partial charge in [-0.05, 0) is 20.3 Å². The number of carbonyl (C=O) groups is 1. The van der Waals surface area contributed by atoms with Crippen molar-refractivity contribution < 1.29 is 9.90 Å². The molecule has 1 aromatic rings. The number of rotatable bonds is 5. The summed E-state index contributed by atoms with van der Waals surface area (Å²) in [6.07, 6.45) is 1.96. The molecule has 0 saturated carbocycles. The van der Waals surface area contributed by atoms with Gasteiger partial charge in [-0.3, -0.25) is 9.59 Å². The molecule has 1 amide bonds. The number of nitrogens with one attached hydrogen (secondary N) is 1. The number of carbonyl (C=O) groups excluding carboxylic acids is 1. The number of aryl methyl sites for hydroxylation is 1. The molecule has 0 aliphatic carbocycles. The summed E-state index contributed by atoms with van der Waals surface area (Å²) in [5.41, 5.74) is 0.606. The molecule has 5 heteroatoms. The summed E-state index contributed by atoms with van der Waals surface area (Å²) in [4.78, 5) is 28.1. The van der Waals surface area contributed by atoms with Crippen LogP contribution in [0.15, 0.2) is 17.1 Å². The number of pyridine rings is 1. The fourth-order valence-corrected chi connectivity index (χ4v) is 1.58. The number of nitrogens with zero attached hydrogens (tertiary/aromatic N) is 1. The van der Waals surface area contributed by atoms with Crippen LogP contribution in [0.5, 0.6) is 0 Å². The lowest BCUT2D eigenvalue weighted by Crippen LogP contribution is -2.35. The average molecular weight is 238 g/mol. The Hall–Kier alpha value is -1.62. The fraction of sp³-hybridized carbons (Fsp3) is 0.500. The van der Waals surface area contributed by atoms with Crippen molar-refractivity contribution in [3.05, 3.63) is 33.7 Å². The summed E-state index contributed by atoms with van der Waals surface area (Å²) >= 11 is 0. The third-order valence-corrected chi connectivity index (χ3v) is 2.54. The Kier molecular flexibility index (Phi) is 4.90. The van der Waals surface area contributed by atoms with E-state index in [1.54, 1.807) is 11.8 Å². The fourth-order valence-electron chi connectivity index (χ4n) is 1.58. The van der Waals surface area contributed by atoms with Crippen LogP contribution in [0.3, 0.4) is 0 Å². The van der Waals surface area contributed by atoms with E-state index in [0.29, 0.717) is 19.5 Å². The molecule has 0 fully saturated rings. The third kappa shape index (κ3) is 3.42. The zero-order valence-electron chi connectivity index (χ0n) is 10.2. The summed E-state index contributed by atoms with van der Waals surface area (Å²) in [6.45, 7) is 4.62. The Morgan fingerprint density at radius 3 is 2.76 bits per heavy atom. The van der Waals surface area contributed by atoms with Crippen molar-refractivity contribution in [2.45, 2.75) is 20.3 Å². The first-order chi connectivity index (χ1) is 8.10. The van der Waals surface area contributed by atoms with E-state index in [-0.39, 0.29) is 23.5 Å². The minimum atomic E-state index is -0.290. The van der Waals surface area contributed by atoms with Gasteiger partial charge < -0.3 is 15.0 Å². The van der Waals surface area contributed by atoms with Gasteiger partial charge in [-0.1, -0.05) is 0 Å². The lowest BCUT2D eigenvalue weighted by molar-refractivity contribution is 0.0752. The number of hydrogen-bond donors (Lipinski definition) is 2. The van der Waals surface area contributed by atoms with Crippen LogP contribution in [-0.4, -0.2) is 40.6 Å². The smallest absolute Gasteiger partial charge is 0.259 e. The van der Waals surface area contributed by atoms with Crippen LogP contribution in [0.2, 0.25) is 0 Å². The van der Waals surface area contributed by atoms with Crippen molar-refractivity contribution in [3.63, 3.8) is 0 Å². The standard InChI is InChI=1S/C12H18N2O3/c1-3-14(5-4-6-15)12(17)10-8-13-9(2)7-11(10)16/h7-8,15H,3-6H2,1-2H3,(H,13,16). The maximum Gasteiger partial charge on any atom is 0.259 e. The zero-order chi connectivity index (χ0) is 12.8. The number of aromatic nitrogens is 1. The Balaban J connectivity index is 2.90. The highest BCUT2D eigenvalue weighted by atomic mass is 16.3. The molecule has 0 aromatic carbocycles. The van der Waals surface area contributed by atoms with Crippen LogP contribution in [0.25, 0.3) is 0 Å². The van der Waals surface area contributed by atoms with Gasteiger partial charge in [-0.15, -0.1) is 0 Å². The van der Waals surface area contributed by atoms with E-state index in [1.807, 2.05) is 6.92 Å². The van der Waals surface area contributed by atoms with Crippen LogP contribution >= 0.6 is 0 Å². The number of hydrogen-bond acceptors (Lipinski definition) is 3. The first-order valence-electron chi connectivity index (χ1n) is 5.69. The molecule has 0 spiro atoms. The van der Waals surface area contributed by atoms with Crippen LogP contribution in [0.1, 0.15) is 29.4 Å². The van der Waals surface area contributed by atoms with Crippen LogP contribution < -0.4 is 5.43 Å². The summed E-state index contributed by atoms with van der Waals surface area (Å²) in [5.74, 6) is -0.290. The van der Waals surface area contributed by atoms with Gasteiger partial charge in [0.05, 0.1) is 0 Å². The van der Waals surface area contributed by atoms with Gasteiger partial charge in [0, 0.05) is 37.7 Å². The zero-order valence-corrected chi connectivity index (χ0v) is 10.2. The topological polar surface area (TPSA) is 73.4 Å². The molecule has 0 unspecified atom stereocenters. The van der Waals surface area contributed by atoms with E-state index in [1.165, 1.54) is 12.3 Å². The molecule has 17 heavy (non-hydrogen) atoms. The Labute approximate surface area is 100 Å². The first kappa shape index (κ1) is 13.4. The minimum Gasteiger partial charge on any atom is -0.396 e. The van der Waals surface area contributed by atoms with Crippen molar-refractivity contribution >= 4 is 5.91 Å². The molecule has 0 atom stereocenters. The van der Waals surface area contributed by atoms with Crippen molar-refractivity contribution in [2.24, 2.45) is 0 Å². The van der Waals surface area contributed by atoms with Gasteiger partial charge in [0.15, 0.2) is 5.43 Å². The first-order valence-corrected chi connectivity index (χ1v) is 5.69. The monoisotopic (exact) mass is 238 g/mol. The van der Waals surface area contributed by atoms with E-state index in [4.69, 9.17) is 5.11 Å². The van der Waals surface area contributed by atoms with Gasteiger partial charge in [-0.25, -0.2) is 0 Å². The van der Waals surface area contributed by atoms with Gasteiger partial charge in [0.2, 0.25) is 0 Å². The predicted molar refractivity (Wildman–Crippen MR) is 65.1 cm³/mol. The maximum absolute atomic E-state index is 12.0. The molecule has 0 radical (unpaired) electrons. The number of aliphatic hydroxyl groups is 1. The maximum atomic E-state index is 12.0. The Morgan fingerprint density at radius 1 is 1.53 bits per heavy atom. The molecule has 1 rings (SSSR count). The molecule has 5 nitrogen and oxygen atoms in total. The van der Waals surface area contributed by atoms with Gasteiger partial charge in [-0.2, -0.15) is 0 Å². The number of amides is 1. The number of H-pyrrole nitrogens is 1. The van der Waals surface area contributed by atoms with E-state index in [0.717, 1.165) is 5.69 Å². The van der Waals surface area contributed by atoms with E-state index in [9.17, 15) is 9.59 Å². The summed E-state index contributed by atoms with van der Waals surface area (Å²) in [7, 11) is 0. The van der Waals surface area contributed by atoms with Crippen LogP contribution in [-0.2, 0) is 0 Å². The van der Waals surface area contributed by atoms with Crippen molar-refractivity contribution in [1.29, 1.82) is 0 Å². The molecule has 0 aliphatic heterocycles. The second kappa shape index (κ2) is 6.20. The molecule has 94 valence electrons. The summed E-state index contributed by atoms with van der Waals surface area (Å²) in [5, 5.41) is 8.75. The molecule has 1 aromatic heterocycles. The van der Waals surface area contributed by atoms with Gasteiger partial charge in [0.1, 0.15) is 5.56 Å². The molecule has 0 aliphatic rings. The highest BCUT2D eigenvalue weighted by molar-refractivity contribution is 5.93. The largest absolute Gasteiger partial charge is 0.396 e. The highest BCUT2D eigenvalue weighted by Crippen LogP contribution is 2.01. The Morgan fingerprint density at radius 2 is 2.24 bits per heavy atom. The second-order valence-electron chi connectivity index (χ2n) is 3.86. The van der Waals surface area contributed by atoms with Gasteiger partial charge >= 0.3 is 0 Å². The predicted octanol–water partition coefficient (Wildman–Crippen LogP) is 0.528. The summed E-state index contributed by atoms with van der Waals surface area (Å²) < 4.78 is 0. The van der Waals surface area contributed by atoms with Crippen molar-refractivity contribution in [2.75, 3.05) is 19.7 Å². The van der Waals surface area contributed by atoms with Gasteiger partial charge in [0.25, 0.3) is 5.91 Å². The van der Waals surface area contributed by atoms with Crippen LogP contribution in [0, 0.1) is 6.92 Å². The third-order valence-electron chi connectivity index (χ3n) is 2.54. The molecular weight excluding hydrogens is 220 g/mol. The summed E-state index contributed by atoms with van der Waals surface area (Å²) in [6, 6.07) is 1.41. The Bertz CT molecular complexity index is 440. The highest BCUT2D eigenvalue weighted by Gasteiger charge is 2.16. The molecule has 1 heterocycles. The van der Waals surface area contributed by atoms with E-state index >= 15 is 0 Å². The lowest BCUT2D eigenvalue weighted by atomic mass is 10.2. The molecule has 2 N–H and O–H groups in total. The quantitative estimate of drug-likeness (QED) is 0.785. The minimum absolute atomic E-state index is 0.0357. The lowest BCUT2D eigenvalue weighted by Gasteiger charge is -2.20. The molecule has 0 saturated heterocycles. The average Bonchev–Trinajstić information content (AvgIpc) is 2.29. The second-order valence-corrected chi connectivity index (χ2v) is 3.86. The van der Waals surface area contributed by atoms with E-state index < -0.39 is 0 Å². The van der Waals surface area contributed by atoms with Crippen molar-refractivity contribution in [1.82, 2.24) is 9.88 Å². The normalized spacial score (nSPS) is 10.3. The molecule has 0 bridgehead atoms.